The van der Waals surface area contributed by atoms with Gasteiger partial charge in [-0.2, -0.15) is 0 Å². The van der Waals surface area contributed by atoms with Gasteiger partial charge in [-0.15, -0.1) is 0 Å². The van der Waals surface area contributed by atoms with Crippen LogP contribution in [0.3, 0.4) is 0 Å². The lowest BCUT2D eigenvalue weighted by molar-refractivity contribution is -0.0228. The van der Waals surface area contributed by atoms with Crippen molar-refractivity contribution < 1.29 is 9.53 Å². The molecule has 18 heavy (non-hydrogen) atoms. The van der Waals surface area contributed by atoms with Crippen molar-refractivity contribution in [1.82, 2.24) is 4.90 Å². The fourth-order valence-corrected chi connectivity index (χ4v) is 3.09. The molecule has 1 fully saturated rings. The summed E-state index contributed by atoms with van der Waals surface area (Å²) in [6.45, 7) is 3.20. The number of fused-ring (bicyclic) bond motifs is 1. The van der Waals surface area contributed by atoms with E-state index in [0.717, 1.165) is 30.7 Å². The highest BCUT2D eigenvalue weighted by Gasteiger charge is 2.44. The lowest BCUT2D eigenvalue weighted by atomic mass is 9.80. The van der Waals surface area contributed by atoms with Gasteiger partial charge in [0.2, 0.25) is 0 Å². The smallest absolute Gasteiger partial charge is 0.170 e. The molecule has 96 valence electrons. The summed E-state index contributed by atoms with van der Waals surface area (Å²) in [5, 5.41) is 0. The molecule has 0 amide bonds. The lowest BCUT2D eigenvalue weighted by Crippen LogP contribution is -2.53. The third-order valence-corrected chi connectivity index (χ3v) is 4.34. The molecule has 2 aliphatic heterocycles. The van der Waals surface area contributed by atoms with Crippen molar-refractivity contribution in [3.8, 4) is 5.75 Å². The molecule has 1 aromatic carbocycles. The number of hydrogen-bond donors (Lipinski definition) is 0. The van der Waals surface area contributed by atoms with E-state index in [9.17, 15) is 4.79 Å². The van der Waals surface area contributed by atoms with E-state index < -0.39 is 0 Å². The largest absolute Gasteiger partial charge is 0.486 e. The van der Waals surface area contributed by atoms with Crippen LogP contribution in [0.5, 0.6) is 5.75 Å². The minimum atomic E-state index is -0.267. The van der Waals surface area contributed by atoms with Crippen LogP contribution >= 0.6 is 0 Å². The van der Waals surface area contributed by atoms with Crippen molar-refractivity contribution in [2.24, 2.45) is 0 Å². The zero-order valence-electron chi connectivity index (χ0n) is 11.0. The Morgan fingerprint density at radius 1 is 1.39 bits per heavy atom. The van der Waals surface area contributed by atoms with Gasteiger partial charge >= 0.3 is 0 Å². The number of ether oxygens (including phenoxy) is 1. The molecule has 0 radical (unpaired) electrons. The molecule has 0 aliphatic carbocycles. The summed E-state index contributed by atoms with van der Waals surface area (Å²) in [7, 11) is 2.14. The van der Waals surface area contributed by atoms with Crippen molar-refractivity contribution in [3.05, 3.63) is 29.8 Å². The monoisotopic (exact) mass is 245 g/mol. The van der Waals surface area contributed by atoms with E-state index in [-0.39, 0.29) is 11.4 Å². The van der Waals surface area contributed by atoms with Gasteiger partial charge in [-0.3, -0.25) is 4.79 Å². The van der Waals surface area contributed by atoms with E-state index in [1.165, 1.54) is 0 Å². The van der Waals surface area contributed by atoms with Crippen LogP contribution in [0.4, 0.5) is 0 Å². The van der Waals surface area contributed by atoms with Crippen molar-refractivity contribution in [3.63, 3.8) is 0 Å². The van der Waals surface area contributed by atoms with E-state index in [1.54, 1.807) is 0 Å². The van der Waals surface area contributed by atoms with Gasteiger partial charge in [0.25, 0.3) is 0 Å². The molecule has 3 rings (SSSR count). The first-order chi connectivity index (χ1) is 8.60. The molecule has 3 heteroatoms. The second-order valence-corrected chi connectivity index (χ2v) is 5.66. The Labute approximate surface area is 108 Å². The number of carbonyl (C=O) groups excluding carboxylic acids is 1. The van der Waals surface area contributed by atoms with Crippen LogP contribution in [0.1, 0.15) is 36.5 Å². The second kappa shape index (κ2) is 4.09. The van der Waals surface area contributed by atoms with Gasteiger partial charge in [0, 0.05) is 25.4 Å². The number of carbonyl (C=O) groups is 1. The minimum Gasteiger partial charge on any atom is -0.486 e. The molecule has 1 spiro atoms. The van der Waals surface area contributed by atoms with Crippen molar-refractivity contribution in [1.29, 1.82) is 0 Å². The molecule has 0 saturated carbocycles. The average molecular weight is 245 g/mol. The molecule has 0 N–H and O–H groups in total. The SMILES string of the molecule is CC1CC2(CCN1C)CC(=O)c1ccccc1O2. The normalized spacial score (nSPS) is 32.1. The number of rotatable bonds is 0. The van der Waals surface area contributed by atoms with E-state index >= 15 is 0 Å². The van der Waals surface area contributed by atoms with Crippen molar-refractivity contribution in [2.45, 2.75) is 37.8 Å². The molecular formula is C15H19NO2. The molecule has 2 aliphatic rings. The summed E-state index contributed by atoms with van der Waals surface area (Å²) in [6.07, 6.45) is 2.40. The highest BCUT2D eigenvalue weighted by Crippen LogP contribution is 2.40. The third-order valence-electron chi connectivity index (χ3n) is 4.34. The first-order valence-corrected chi connectivity index (χ1v) is 6.61. The molecule has 1 saturated heterocycles. The average Bonchev–Trinajstić information content (AvgIpc) is 2.35. The number of hydrogen-bond acceptors (Lipinski definition) is 3. The van der Waals surface area contributed by atoms with Crippen LogP contribution in [-0.2, 0) is 0 Å². The highest BCUT2D eigenvalue weighted by molar-refractivity contribution is 6.00. The number of ketones is 1. The van der Waals surface area contributed by atoms with Crippen molar-refractivity contribution >= 4 is 5.78 Å². The molecule has 2 unspecified atom stereocenters. The molecule has 2 atom stereocenters. The predicted molar refractivity (Wildman–Crippen MR) is 70.1 cm³/mol. The standard InChI is InChI=1S/C15H19NO2/c1-11-9-15(7-8-16(11)2)10-13(17)12-5-3-4-6-14(12)18-15/h3-6,11H,7-10H2,1-2H3. The summed E-state index contributed by atoms with van der Waals surface area (Å²) < 4.78 is 6.20. The van der Waals surface area contributed by atoms with Gasteiger partial charge in [0.05, 0.1) is 12.0 Å². The van der Waals surface area contributed by atoms with Gasteiger partial charge in [-0.05, 0) is 26.1 Å². The zero-order chi connectivity index (χ0) is 12.8. The summed E-state index contributed by atoms with van der Waals surface area (Å²) >= 11 is 0. The lowest BCUT2D eigenvalue weighted by Gasteiger charge is -2.46. The molecule has 0 bridgehead atoms. The number of Topliss-reactive ketones (excluding diaryl/α,β-unsaturated/α-hetero) is 1. The molecule has 3 nitrogen and oxygen atoms in total. The number of benzene rings is 1. The minimum absolute atomic E-state index is 0.230. The van der Waals surface area contributed by atoms with Gasteiger partial charge in [0.1, 0.15) is 11.4 Å². The highest BCUT2D eigenvalue weighted by atomic mass is 16.5. The molecular weight excluding hydrogens is 226 g/mol. The fourth-order valence-electron chi connectivity index (χ4n) is 3.09. The maximum absolute atomic E-state index is 12.3. The summed E-state index contributed by atoms with van der Waals surface area (Å²) in [6, 6.07) is 8.08. The first-order valence-electron chi connectivity index (χ1n) is 6.61. The number of nitrogens with zero attached hydrogens (tertiary/aromatic N) is 1. The molecule has 2 heterocycles. The Kier molecular flexibility index (Phi) is 2.67. The van der Waals surface area contributed by atoms with Crippen LogP contribution in [0.25, 0.3) is 0 Å². The summed E-state index contributed by atoms with van der Waals surface area (Å²) in [5.74, 6) is 0.999. The van der Waals surface area contributed by atoms with Crippen LogP contribution in [0.2, 0.25) is 0 Å². The maximum Gasteiger partial charge on any atom is 0.170 e. The summed E-state index contributed by atoms with van der Waals surface area (Å²) in [5.41, 5.74) is 0.479. The Morgan fingerprint density at radius 3 is 2.94 bits per heavy atom. The van der Waals surface area contributed by atoms with E-state index in [4.69, 9.17) is 4.74 Å². The van der Waals surface area contributed by atoms with E-state index in [1.807, 2.05) is 24.3 Å². The van der Waals surface area contributed by atoms with Gasteiger partial charge in [0.15, 0.2) is 5.78 Å². The van der Waals surface area contributed by atoms with Crippen LogP contribution in [-0.4, -0.2) is 35.9 Å². The third kappa shape index (κ3) is 1.83. The van der Waals surface area contributed by atoms with Gasteiger partial charge in [-0.1, -0.05) is 12.1 Å². The number of para-hydroxylation sites is 1. The Hall–Kier alpha value is -1.35. The topological polar surface area (TPSA) is 29.5 Å². The number of piperidine rings is 1. The van der Waals surface area contributed by atoms with Gasteiger partial charge < -0.3 is 9.64 Å². The van der Waals surface area contributed by atoms with Crippen LogP contribution in [0.15, 0.2) is 24.3 Å². The summed E-state index contributed by atoms with van der Waals surface area (Å²) in [4.78, 5) is 14.6. The molecule has 0 aromatic heterocycles. The zero-order valence-corrected chi connectivity index (χ0v) is 11.0. The fraction of sp³-hybridized carbons (Fsp3) is 0.533. The second-order valence-electron chi connectivity index (χ2n) is 5.66. The predicted octanol–water partition coefficient (Wildman–Crippen LogP) is 2.50. The maximum atomic E-state index is 12.3. The Bertz CT molecular complexity index is 485. The van der Waals surface area contributed by atoms with Crippen molar-refractivity contribution in [2.75, 3.05) is 13.6 Å². The van der Waals surface area contributed by atoms with E-state index in [2.05, 4.69) is 18.9 Å². The van der Waals surface area contributed by atoms with Crippen LogP contribution in [0, 0.1) is 0 Å². The first kappa shape index (κ1) is 11.7. The van der Waals surface area contributed by atoms with Crippen LogP contribution < -0.4 is 4.74 Å². The van der Waals surface area contributed by atoms with E-state index in [0.29, 0.717) is 12.5 Å². The Morgan fingerprint density at radius 2 is 2.17 bits per heavy atom. The quantitative estimate of drug-likeness (QED) is 0.703. The molecule has 1 aromatic rings. The number of likely N-dealkylation sites (tertiary alicyclic amines) is 1. The Balaban J connectivity index is 1.92. The van der Waals surface area contributed by atoms with Gasteiger partial charge in [-0.25, -0.2) is 0 Å².